The van der Waals surface area contributed by atoms with Crippen LogP contribution in [0.1, 0.15) is 5.56 Å². The van der Waals surface area contributed by atoms with Gasteiger partial charge in [-0.2, -0.15) is 13.2 Å². The van der Waals surface area contributed by atoms with E-state index in [1.54, 1.807) is 10.0 Å². The lowest BCUT2D eigenvalue weighted by Crippen LogP contribution is -2.34. The first kappa shape index (κ1) is 22.0. The molecule has 2 rings (SSSR count). The van der Waals surface area contributed by atoms with E-state index in [1.807, 2.05) is 0 Å². The molecule has 0 fully saturated rings. The SMILES string of the molecule is O=C(CNS(=O)(=O)c1ccc(Cl)cc1C(F)(F)F)Nc1ccc(F)c(F)c1F. The summed E-state index contributed by atoms with van der Waals surface area (Å²) in [5.41, 5.74) is -2.34. The van der Waals surface area contributed by atoms with Gasteiger partial charge in [0.2, 0.25) is 15.9 Å². The molecule has 0 aromatic heterocycles. The summed E-state index contributed by atoms with van der Waals surface area (Å²) in [5.74, 6) is -6.35. The third kappa shape index (κ3) is 4.94. The van der Waals surface area contributed by atoms with Gasteiger partial charge in [0.25, 0.3) is 0 Å². The van der Waals surface area contributed by atoms with Crippen LogP contribution >= 0.6 is 11.6 Å². The van der Waals surface area contributed by atoms with Crippen molar-refractivity contribution in [2.75, 3.05) is 11.9 Å². The summed E-state index contributed by atoms with van der Waals surface area (Å²) in [6.07, 6.45) is -5.05. The largest absolute Gasteiger partial charge is 0.417 e. The predicted octanol–water partition coefficient (Wildman–Crippen LogP) is 3.69. The van der Waals surface area contributed by atoms with E-state index in [-0.39, 0.29) is 5.02 Å². The van der Waals surface area contributed by atoms with E-state index in [0.717, 1.165) is 6.07 Å². The fourth-order valence-corrected chi connectivity index (χ4v) is 3.37. The molecule has 0 aliphatic carbocycles. The second-order valence-electron chi connectivity index (χ2n) is 5.23. The van der Waals surface area contributed by atoms with Gasteiger partial charge in [0.15, 0.2) is 17.5 Å². The zero-order valence-corrected chi connectivity index (χ0v) is 14.9. The Morgan fingerprint density at radius 3 is 2.29 bits per heavy atom. The van der Waals surface area contributed by atoms with Gasteiger partial charge in [0.05, 0.1) is 22.7 Å². The van der Waals surface area contributed by atoms with E-state index in [1.165, 1.54) is 0 Å². The maximum absolute atomic E-state index is 13.5. The van der Waals surface area contributed by atoms with Gasteiger partial charge in [-0.25, -0.2) is 26.3 Å². The Kier molecular flexibility index (Phi) is 6.26. The molecule has 0 atom stereocenters. The lowest BCUT2D eigenvalue weighted by molar-refractivity contribution is -0.139. The van der Waals surface area contributed by atoms with Crippen LogP contribution in [0.15, 0.2) is 35.2 Å². The number of carbonyl (C=O) groups is 1. The van der Waals surface area contributed by atoms with Crippen molar-refractivity contribution in [3.8, 4) is 0 Å². The van der Waals surface area contributed by atoms with Crippen LogP contribution in [0.25, 0.3) is 0 Å². The summed E-state index contributed by atoms with van der Waals surface area (Å²) in [5, 5.41) is 1.40. The van der Waals surface area contributed by atoms with Gasteiger partial charge < -0.3 is 5.32 Å². The molecule has 2 aromatic carbocycles. The smallest absolute Gasteiger partial charge is 0.322 e. The van der Waals surface area contributed by atoms with Crippen LogP contribution in [0.3, 0.4) is 0 Å². The Morgan fingerprint density at radius 2 is 1.68 bits per heavy atom. The number of anilines is 1. The highest BCUT2D eigenvalue weighted by atomic mass is 35.5. The molecule has 152 valence electrons. The Morgan fingerprint density at radius 1 is 1.04 bits per heavy atom. The topological polar surface area (TPSA) is 75.3 Å². The normalized spacial score (nSPS) is 12.1. The number of amides is 1. The molecule has 0 unspecified atom stereocenters. The van der Waals surface area contributed by atoms with Gasteiger partial charge in [-0.15, -0.1) is 0 Å². The molecule has 0 heterocycles. The molecule has 2 N–H and O–H groups in total. The zero-order valence-electron chi connectivity index (χ0n) is 13.4. The molecule has 0 saturated carbocycles. The van der Waals surface area contributed by atoms with Gasteiger partial charge in [0, 0.05) is 5.02 Å². The summed E-state index contributed by atoms with van der Waals surface area (Å²) in [7, 11) is -4.82. The Hall–Kier alpha value is -2.31. The number of sulfonamides is 1. The van der Waals surface area contributed by atoms with Crippen LogP contribution < -0.4 is 10.0 Å². The van der Waals surface area contributed by atoms with Gasteiger partial charge in [-0.05, 0) is 30.3 Å². The number of hydrogen-bond donors (Lipinski definition) is 2. The number of halogens is 7. The molecular formula is C15H9ClF6N2O3S. The van der Waals surface area contributed by atoms with Crippen LogP contribution in [0, 0.1) is 17.5 Å². The molecule has 0 bridgehead atoms. The van der Waals surface area contributed by atoms with Crippen LogP contribution in [0.5, 0.6) is 0 Å². The highest BCUT2D eigenvalue weighted by Gasteiger charge is 2.37. The quantitative estimate of drug-likeness (QED) is 0.543. The highest BCUT2D eigenvalue weighted by molar-refractivity contribution is 7.89. The highest BCUT2D eigenvalue weighted by Crippen LogP contribution is 2.35. The van der Waals surface area contributed by atoms with Crippen LogP contribution in [-0.4, -0.2) is 20.9 Å². The van der Waals surface area contributed by atoms with E-state index < -0.39 is 62.2 Å². The lowest BCUT2D eigenvalue weighted by Gasteiger charge is -2.14. The lowest BCUT2D eigenvalue weighted by atomic mass is 10.2. The van der Waals surface area contributed by atoms with Crippen LogP contribution in [-0.2, 0) is 21.0 Å². The number of rotatable bonds is 5. The summed E-state index contributed by atoms with van der Waals surface area (Å²) in [6, 6.07) is 3.10. The van der Waals surface area contributed by atoms with Gasteiger partial charge in [0.1, 0.15) is 0 Å². The van der Waals surface area contributed by atoms with Crippen molar-refractivity contribution in [2.45, 2.75) is 11.1 Å². The molecular weight excluding hydrogens is 438 g/mol. The minimum Gasteiger partial charge on any atom is -0.322 e. The van der Waals surface area contributed by atoms with Crippen LogP contribution in [0.2, 0.25) is 5.02 Å². The van der Waals surface area contributed by atoms with E-state index in [2.05, 4.69) is 0 Å². The molecule has 13 heteroatoms. The summed E-state index contributed by atoms with van der Waals surface area (Å²) in [4.78, 5) is 10.5. The first-order chi connectivity index (χ1) is 12.8. The third-order valence-corrected chi connectivity index (χ3v) is 4.96. The second-order valence-corrected chi connectivity index (χ2v) is 7.41. The van der Waals surface area contributed by atoms with Crippen molar-refractivity contribution in [1.82, 2.24) is 4.72 Å². The average Bonchev–Trinajstić information content (AvgIpc) is 2.59. The fraction of sp³-hybridized carbons (Fsp3) is 0.133. The number of nitrogens with one attached hydrogen (secondary N) is 2. The molecule has 0 radical (unpaired) electrons. The van der Waals surface area contributed by atoms with Crippen molar-refractivity contribution in [1.29, 1.82) is 0 Å². The standard InChI is InChI=1S/C15H9ClF6N2O3S/c16-7-1-4-11(8(5-7)15(20,21)22)28(26,27)23-6-12(25)24-10-3-2-9(17)13(18)14(10)19/h1-5,23H,6H2,(H,24,25). The van der Waals surface area contributed by atoms with Crippen molar-refractivity contribution in [3.05, 3.63) is 58.4 Å². The third-order valence-electron chi connectivity index (χ3n) is 3.27. The Labute approximate surface area is 159 Å². The van der Waals surface area contributed by atoms with E-state index in [9.17, 15) is 39.6 Å². The zero-order chi connectivity index (χ0) is 21.3. The van der Waals surface area contributed by atoms with E-state index >= 15 is 0 Å². The minimum absolute atomic E-state index is 0.363. The monoisotopic (exact) mass is 446 g/mol. The van der Waals surface area contributed by atoms with Crippen molar-refractivity contribution < 1.29 is 39.6 Å². The van der Waals surface area contributed by atoms with Crippen LogP contribution in [0.4, 0.5) is 32.0 Å². The Bertz CT molecular complexity index is 1030. The first-order valence-corrected chi connectivity index (χ1v) is 8.99. The number of carbonyl (C=O) groups excluding carboxylic acids is 1. The molecule has 28 heavy (non-hydrogen) atoms. The van der Waals surface area contributed by atoms with Gasteiger partial charge in [-0.3, -0.25) is 4.79 Å². The second kappa shape index (κ2) is 7.97. The number of benzene rings is 2. The molecule has 0 saturated heterocycles. The van der Waals surface area contributed by atoms with E-state index in [4.69, 9.17) is 11.6 Å². The van der Waals surface area contributed by atoms with E-state index in [0.29, 0.717) is 24.3 Å². The summed E-state index contributed by atoms with van der Waals surface area (Å²) in [6.45, 7) is -1.11. The van der Waals surface area contributed by atoms with Crippen molar-refractivity contribution >= 4 is 33.2 Å². The van der Waals surface area contributed by atoms with Gasteiger partial charge in [-0.1, -0.05) is 11.6 Å². The van der Waals surface area contributed by atoms with Crippen molar-refractivity contribution in [3.63, 3.8) is 0 Å². The minimum atomic E-state index is -5.05. The molecule has 0 aliphatic rings. The van der Waals surface area contributed by atoms with Gasteiger partial charge >= 0.3 is 6.18 Å². The summed E-state index contributed by atoms with van der Waals surface area (Å²) >= 11 is 5.46. The Balaban J connectivity index is 2.18. The molecule has 0 spiro atoms. The fourth-order valence-electron chi connectivity index (χ4n) is 2.01. The molecule has 2 aromatic rings. The summed E-state index contributed by atoms with van der Waals surface area (Å²) < 4.78 is 104. The number of hydrogen-bond acceptors (Lipinski definition) is 3. The molecule has 5 nitrogen and oxygen atoms in total. The molecule has 0 aliphatic heterocycles. The average molecular weight is 447 g/mol. The number of alkyl halides is 3. The first-order valence-electron chi connectivity index (χ1n) is 7.12. The maximum Gasteiger partial charge on any atom is 0.417 e. The predicted molar refractivity (Wildman–Crippen MR) is 86.6 cm³/mol. The van der Waals surface area contributed by atoms with Crippen molar-refractivity contribution in [2.24, 2.45) is 0 Å². The molecule has 1 amide bonds. The maximum atomic E-state index is 13.5.